The van der Waals surface area contributed by atoms with Crippen LogP contribution in [0, 0.1) is 23.7 Å². The number of aliphatic hydroxyl groups is 1. The van der Waals surface area contributed by atoms with Gasteiger partial charge in [0.25, 0.3) is 0 Å². The summed E-state index contributed by atoms with van der Waals surface area (Å²) in [4.78, 5) is 80.7. The van der Waals surface area contributed by atoms with Gasteiger partial charge in [0.1, 0.15) is 5.75 Å². The number of nitrogens with two attached hydrogens (primary N) is 2. The Kier molecular flexibility index (Phi) is 6.56. The smallest absolute Gasteiger partial charge is 0.312 e. The molecular formula is C25H31N5O8. The van der Waals surface area contributed by atoms with Gasteiger partial charge in [0.05, 0.1) is 17.5 Å². The number of Topliss-reactive ketones (excluding diaryl/α,β-unsaturated/α-hetero) is 4. The molecule has 2 unspecified atom stereocenters. The van der Waals surface area contributed by atoms with E-state index in [0.29, 0.717) is 11.3 Å². The number of phenolic OH excluding ortho intramolecular Hbond substituents is 1. The molecule has 0 saturated heterocycles. The van der Waals surface area contributed by atoms with Crippen molar-refractivity contribution in [1.29, 1.82) is 0 Å². The van der Waals surface area contributed by atoms with Gasteiger partial charge in [0.2, 0.25) is 5.91 Å². The van der Waals surface area contributed by atoms with Crippen LogP contribution >= 0.6 is 0 Å². The number of benzene rings is 1. The molecule has 6 atom stereocenters. The molecule has 2 saturated carbocycles. The lowest BCUT2D eigenvalue weighted by atomic mass is 9.52. The molecule has 1 aromatic carbocycles. The molecule has 3 aliphatic carbocycles. The van der Waals surface area contributed by atoms with Gasteiger partial charge in [-0.3, -0.25) is 28.9 Å². The van der Waals surface area contributed by atoms with Crippen LogP contribution in [0.5, 0.6) is 5.75 Å². The number of urea groups is 1. The maximum Gasteiger partial charge on any atom is 0.312 e. The lowest BCUT2D eigenvalue weighted by molar-refractivity contribution is -0.181. The van der Waals surface area contributed by atoms with Crippen molar-refractivity contribution in [2.45, 2.75) is 31.0 Å². The first-order valence-corrected chi connectivity index (χ1v) is 12.1. The highest BCUT2D eigenvalue weighted by atomic mass is 16.3. The SMILES string of the molecule is CN(C)c1cc(CNC(N)=O)c(O)c2c1C[C@H]1C[C@H]3[C@H](N(C)C)C(=O)C(C(N)=O)C(=O)[C@@]3(O)C(=O)C1C2=O. The summed E-state index contributed by atoms with van der Waals surface area (Å²) in [5, 5.41) is 25.0. The van der Waals surface area contributed by atoms with Gasteiger partial charge < -0.3 is 31.9 Å². The second kappa shape index (κ2) is 9.17. The van der Waals surface area contributed by atoms with Gasteiger partial charge >= 0.3 is 6.03 Å². The van der Waals surface area contributed by atoms with Crippen molar-refractivity contribution in [3.05, 3.63) is 22.8 Å². The number of carbonyl (C=O) groups is 6. The summed E-state index contributed by atoms with van der Waals surface area (Å²) >= 11 is 0. The molecule has 0 radical (unpaired) electrons. The van der Waals surface area contributed by atoms with Crippen LogP contribution in [0.1, 0.15) is 27.9 Å². The lowest BCUT2D eigenvalue weighted by Gasteiger charge is -2.52. The van der Waals surface area contributed by atoms with Gasteiger partial charge in [-0.15, -0.1) is 0 Å². The summed E-state index contributed by atoms with van der Waals surface area (Å²) < 4.78 is 0. The van der Waals surface area contributed by atoms with Crippen molar-refractivity contribution in [2.24, 2.45) is 35.1 Å². The van der Waals surface area contributed by atoms with E-state index >= 15 is 0 Å². The molecule has 0 heterocycles. The molecule has 0 aromatic heterocycles. The second-order valence-electron chi connectivity index (χ2n) is 10.7. The van der Waals surface area contributed by atoms with Crippen LogP contribution in [0.3, 0.4) is 0 Å². The zero-order chi connectivity index (χ0) is 28.4. The maximum absolute atomic E-state index is 13.9. The van der Waals surface area contributed by atoms with Crippen molar-refractivity contribution in [3.8, 4) is 5.75 Å². The number of carbonyl (C=O) groups excluding carboxylic acids is 6. The first-order chi connectivity index (χ1) is 17.6. The number of hydrogen-bond acceptors (Lipinski definition) is 10. The molecular weight excluding hydrogens is 498 g/mol. The van der Waals surface area contributed by atoms with Crippen LogP contribution in [-0.4, -0.2) is 90.0 Å². The van der Waals surface area contributed by atoms with E-state index in [2.05, 4.69) is 5.32 Å². The Hall–Kier alpha value is -3.84. The quantitative estimate of drug-likeness (QED) is 0.267. The third-order valence-corrected chi connectivity index (χ3v) is 8.05. The fraction of sp³-hybridized carbons (Fsp3) is 0.520. The van der Waals surface area contributed by atoms with Crippen LogP contribution in [0.4, 0.5) is 10.5 Å². The Morgan fingerprint density at radius 1 is 1.11 bits per heavy atom. The predicted octanol–water partition coefficient (Wildman–Crippen LogP) is -1.90. The highest BCUT2D eigenvalue weighted by Gasteiger charge is 2.69. The lowest BCUT2D eigenvalue weighted by Crippen LogP contribution is -2.74. The number of amides is 3. The number of anilines is 1. The second-order valence-corrected chi connectivity index (χ2v) is 10.7. The Balaban J connectivity index is 1.88. The standard InChI is InChI=1S/C25H31N5O8/c1-29(2)13-7-10(8-28-24(27)37)18(31)15-11(13)5-9-6-12-17(30(3)4)20(33)16(23(26)36)22(35)25(12,38)21(34)14(9)19(15)32/h7,9,12,14,16-17,31,38H,5-6,8H2,1-4H3,(H2,26,36)(H3,27,28,37)/t9-,12-,14?,16?,17-,25-/m0/s1. The number of rotatable bonds is 5. The normalized spacial score (nSPS) is 30.4. The first kappa shape index (κ1) is 27.2. The molecule has 0 bridgehead atoms. The van der Waals surface area contributed by atoms with E-state index in [0.717, 1.165) is 0 Å². The van der Waals surface area contributed by atoms with E-state index in [4.69, 9.17) is 11.5 Å². The number of likely N-dealkylation sites (N-methyl/N-ethyl adjacent to an activating group) is 1. The molecule has 0 spiro atoms. The highest BCUT2D eigenvalue weighted by Crippen LogP contribution is 2.52. The number of nitrogens with one attached hydrogen (secondary N) is 1. The van der Waals surface area contributed by atoms with Crippen LogP contribution in [0.25, 0.3) is 0 Å². The number of primary amides is 2. The van der Waals surface area contributed by atoms with Gasteiger partial charge in [0.15, 0.2) is 34.7 Å². The Bertz CT molecular complexity index is 1290. The van der Waals surface area contributed by atoms with Crippen molar-refractivity contribution in [3.63, 3.8) is 0 Å². The number of ketones is 4. The minimum absolute atomic E-state index is 0.0392. The third kappa shape index (κ3) is 3.76. The Labute approximate surface area is 218 Å². The highest BCUT2D eigenvalue weighted by molar-refractivity contribution is 6.32. The predicted molar refractivity (Wildman–Crippen MR) is 132 cm³/mol. The monoisotopic (exact) mass is 529 g/mol. The number of fused-ring (bicyclic) bond motifs is 3. The molecule has 1 aromatic rings. The molecule has 13 nitrogen and oxygen atoms in total. The maximum atomic E-state index is 13.9. The fourth-order valence-corrected chi connectivity index (χ4v) is 6.42. The summed E-state index contributed by atoms with van der Waals surface area (Å²) in [6.45, 7) is -0.192. The van der Waals surface area contributed by atoms with Crippen LogP contribution in [0.15, 0.2) is 6.07 Å². The minimum Gasteiger partial charge on any atom is -0.507 e. The molecule has 7 N–H and O–H groups in total. The van der Waals surface area contributed by atoms with E-state index in [1.54, 1.807) is 25.1 Å². The molecule has 204 valence electrons. The largest absolute Gasteiger partial charge is 0.507 e. The number of nitrogens with zero attached hydrogens (tertiary/aromatic N) is 2. The number of hydrogen-bond donors (Lipinski definition) is 5. The van der Waals surface area contributed by atoms with Gasteiger partial charge in [0, 0.05) is 37.8 Å². The number of phenols is 1. The zero-order valence-corrected chi connectivity index (χ0v) is 21.5. The van der Waals surface area contributed by atoms with E-state index in [9.17, 15) is 39.0 Å². The van der Waals surface area contributed by atoms with E-state index in [-0.39, 0.29) is 30.5 Å². The van der Waals surface area contributed by atoms with Gasteiger partial charge in [-0.25, -0.2) is 4.79 Å². The third-order valence-electron chi connectivity index (χ3n) is 8.05. The number of aromatic hydroxyl groups is 1. The summed E-state index contributed by atoms with van der Waals surface area (Å²) in [5.74, 6) is -11.2. The van der Waals surface area contributed by atoms with Crippen molar-refractivity contribution in [1.82, 2.24) is 10.2 Å². The zero-order valence-electron chi connectivity index (χ0n) is 21.5. The first-order valence-electron chi connectivity index (χ1n) is 12.1. The van der Waals surface area contributed by atoms with E-state index in [1.807, 2.05) is 0 Å². The van der Waals surface area contributed by atoms with Crippen LogP contribution < -0.4 is 21.7 Å². The molecule has 3 amide bonds. The average Bonchev–Trinajstić information content (AvgIpc) is 2.80. The topological polar surface area (TPSA) is 213 Å². The average molecular weight is 530 g/mol. The molecule has 3 aliphatic rings. The summed E-state index contributed by atoms with van der Waals surface area (Å²) in [5.41, 5.74) is 8.74. The van der Waals surface area contributed by atoms with Gasteiger partial charge in [-0.2, -0.15) is 0 Å². The molecule has 4 rings (SSSR count). The Morgan fingerprint density at radius 2 is 1.74 bits per heavy atom. The molecule has 13 heteroatoms. The Morgan fingerprint density at radius 3 is 2.26 bits per heavy atom. The molecule has 0 aliphatic heterocycles. The van der Waals surface area contributed by atoms with Crippen LogP contribution in [-0.2, 0) is 32.1 Å². The molecule has 38 heavy (non-hydrogen) atoms. The fourth-order valence-electron chi connectivity index (χ4n) is 6.42. The van der Waals surface area contributed by atoms with Crippen LogP contribution in [0.2, 0.25) is 0 Å². The minimum atomic E-state index is -2.79. The summed E-state index contributed by atoms with van der Waals surface area (Å²) in [6, 6.07) is -0.409. The van der Waals surface area contributed by atoms with Crippen molar-refractivity contribution in [2.75, 3.05) is 33.1 Å². The molecule has 2 fully saturated rings. The van der Waals surface area contributed by atoms with Crippen molar-refractivity contribution < 1.29 is 39.0 Å². The van der Waals surface area contributed by atoms with E-state index < -0.39 is 76.1 Å². The van der Waals surface area contributed by atoms with Gasteiger partial charge in [-0.1, -0.05) is 0 Å². The summed E-state index contributed by atoms with van der Waals surface area (Å²) in [7, 11) is 6.50. The van der Waals surface area contributed by atoms with Gasteiger partial charge in [-0.05, 0) is 44.5 Å². The van der Waals surface area contributed by atoms with E-state index in [1.165, 1.54) is 19.0 Å². The van der Waals surface area contributed by atoms with Crippen molar-refractivity contribution >= 4 is 40.8 Å². The summed E-state index contributed by atoms with van der Waals surface area (Å²) in [6.07, 6.45) is 0.0962.